The van der Waals surface area contributed by atoms with Crippen LogP contribution in [-0.2, 0) is 0 Å². The van der Waals surface area contributed by atoms with Gasteiger partial charge in [-0.3, -0.25) is 0 Å². The van der Waals surface area contributed by atoms with Gasteiger partial charge in [-0.2, -0.15) is 0 Å². The Bertz CT molecular complexity index is 2510. The maximum Gasteiger partial charge on any atom is 0.136 e. The van der Waals surface area contributed by atoms with Gasteiger partial charge in [0.1, 0.15) is 11.2 Å². The second-order valence-corrected chi connectivity index (χ2v) is 11.8. The molecule has 2 heteroatoms. The van der Waals surface area contributed by atoms with Gasteiger partial charge in [0.05, 0.1) is 0 Å². The summed E-state index contributed by atoms with van der Waals surface area (Å²) in [4.78, 5) is 2.35. The summed E-state index contributed by atoms with van der Waals surface area (Å²) in [5.41, 5.74) is 9.84. The Morgan fingerprint density at radius 3 is 1.59 bits per heavy atom. The Morgan fingerprint density at radius 2 is 0.826 bits per heavy atom. The summed E-state index contributed by atoms with van der Waals surface area (Å²) in [5.74, 6) is 0. The second kappa shape index (κ2) is 10.8. The molecule has 1 aromatic heterocycles. The molecule has 0 spiro atoms. The molecular formula is C44H29NO. The van der Waals surface area contributed by atoms with Crippen LogP contribution in [-0.4, -0.2) is 0 Å². The smallest absolute Gasteiger partial charge is 0.136 e. The maximum atomic E-state index is 6.19. The van der Waals surface area contributed by atoms with Crippen LogP contribution in [0.3, 0.4) is 0 Å². The minimum atomic E-state index is 0.909. The topological polar surface area (TPSA) is 16.4 Å². The van der Waals surface area contributed by atoms with Crippen molar-refractivity contribution >= 4 is 60.5 Å². The molecule has 0 fully saturated rings. The van der Waals surface area contributed by atoms with Gasteiger partial charge in [-0.25, -0.2) is 0 Å². The van der Waals surface area contributed by atoms with E-state index in [0.717, 1.165) is 50.1 Å². The van der Waals surface area contributed by atoms with Crippen molar-refractivity contribution in [1.82, 2.24) is 0 Å². The summed E-state index contributed by atoms with van der Waals surface area (Å²) in [6, 6.07) is 62.8. The fourth-order valence-electron chi connectivity index (χ4n) is 6.72. The number of nitrogens with zero attached hydrogens (tertiary/aromatic N) is 1. The Hall–Kier alpha value is -6.12. The normalized spacial score (nSPS) is 11.5. The first-order valence-corrected chi connectivity index (χ1v) is 15.7. The molecule has 9 rings (SSSR count). The van der Waals surface area contributed by atoms with Crippen molar-refractivity contribution in [2.24, 2.45) is 0 Å². The molecule has 0 radical (unpaired) electrons. The maximum absolute atomic E-state index is 6.19. The fourth-order valence-corrected chi connectivity index (χ4v) is 6.72. The highest BCUT2D eigenvalue weighted by Gasteiger charge is 2.15. The average Bonchev–Trinajstić information content (AvgIpc) is 3.51. The summed E-state index contributed by atoms with van der Waals surface area (Å²) in [7, 11) is 0. The van der Waals surface area contributed by atoms with Crippen molar-refractivity contribution in [3.8, 4) is 22.3 Å². The quantitative estimate of drug-likeness (QED) is 0.186. The van der Waals surface area contributed by atoms with Gasteiger partial charge in [-0.05, 0) is 98.4 Å². The van der Waals surface area contributed by atoms with Crippen LogP contribution in [0.15, 0.2) is 180 Å². The van der Waals surface area contributed by atoms with Gasteiger partial charge in [-0.15, -0.1) is 0 Å². The molecule has 0 N–H and O–H groups in total. The van der Waals surface area contributed by atoms with Crippen molar-refractivity contribution < 1.29 is 4.42 Å². The van der Waals surface area contributed by atoms with Crippen molar-refractivity contribution in [3.63, 3.8) is 0 Å². The molecule has 0 aliphatic heterocycles. The van der Waals surface area contributed by atoms with Crippen LogP contribution in [0.5, 0.6) is 0 Å². The SMILES string of the molecule is c1ccc(-c2ccc(N(c3ccc(-c4ccc5c(c4)oc4ccccc45)cc3)c3ccc4ccc5ccccc5c4c3)cc2)cc1. The van der Waals surface area contributed by atoms with Crippen LogP contribution in [0.2, 0.25) is 0 Å². The summed E-state index contributed by atoms with van der Waals surface area (Å²) in [6.07, 6.45) is 0. The summed E-state index contributed by atoms with van der Waals surface area (Å²) < 4.78 is 6.19. The monoisotopic (exact) mass is 587 g/mol. The van der Waals surface area contributed by atoms with Gasteiger partial charge < -0.3 is 9.32 Å². The number of hydrogen-bond acceptors (Lipinski definition) is 2. The van der Waals surface area contributed by atoms with E-state index in [-0.39, 0.29) is 0 Å². The molecule has 0 aliphatic carbocycles. The van der Waals surface area contributed by atoms with Gasteiger partial charge in [0.2, 0.25) is 0 Å². The summed E-state index contributed by atoms with van der Waals surface area (Å²) in [6.45, 7) is 0. The molecule has 216 valence electrons. The van der Waals surface area contributed by atoms with Gasteiger partial charge in [0, 0.05) is 27.8 Å². The third-order valence-corrected chi connectivity index (χ3v) is 9.06. The highest BCUT2D eigenvalue weighted by Crippen LogP contribution is 2.40. The lowest BCUT2D eigenvalue weighted by atomic mass is 10.00. The fraction of sp³-hybridized carbons (Fsp3) is 0. The van der Waals surface area contributed by atoms with E-state index in [1.54, 1.807) is 0 Å². The lowest BCUT2D eigenvalue weighted by Gasteiger charge is -2.26. The van der Waals surface area contributed by atoms with E-state index in [0.29, 0.717) is 0 Å². The number of hydrogen-bond donors (Lipinski definition) is 0. The molecule has 9 aromatic rings. The zero-order valence-electron chi connectivity index (χ0n) is 25.1. The lowest BCUT2D eigenvalue weighted by molar-refractivity contribution is 0.669. The van der Waals surface area contributed by atoms with Crippen molar-refractivity contribution in [1.29, 1.82) is 0 Å². The summed E-state index contributed by atoms with van der Waals surface area (Å²) in [5, 5.41) is 7.28. The van der Waals surface area contributed by atoms with Crippen LogP contribution in [0.4, 0.5) is 17.1 Å². The van der Waals surface area contributed by atoms with E-state index in [9.17, 15) is 0 Å². The number of anilines is 3. The molecule has 0 unspecified atom stereocenters. The predicted octanol–water partition coefficient (Wildman–Crippen LogP) is 12.7. The zero-order chi connectivity index (χ0) is 30.5. The van der Waals surface area contributed by atoms with Gasteiger partial charge in [-0.1, -0.05) is 121 Å². The van der Waals surface area contributed by atoms with Crippen LogP contribution < -0.4 is 4.90 Å². The lowest BCUT2D eigenvalue weighted by Crippen LogP contribution is -2.09. The standard InChI is InChI=1S/C44H29NO/c1-2-8-30(9-3-1)31-16-22-36(23-17-31)45(38-26-20-34-15-14-33-10-4-5-11-39(33)42(34)29-38)37-24-18-32(19-25-37)35-21-27-41-40-12-6-7-13-43(40)46-44(41)28-35/h1-29H. The Balaban J connectivity index is 1.15. The van der Waals surface area contributed by atoms with E-state index in [1.165, 1.54) is 32.7 Å². The number of rotatable bonds is 5. The molecule has 1 heterocycles. The molecule has 0 saturated heterocycles. The van der Waals surface area contributed by atoms with E-state index in [1.807, 2.05) is 12.1 Å². The van der Waals surface area contributed by atoms with E-state index < -0.39 is 0 Å². The first-order chi connectivity index (χ1) is 22.8. The number of fused-ring (bicyclic) bond motifs is 6. The Kier molecular flexibility index (Phi) is 6.17. The highest BCUT2D eigenvalue weighted by atomic mass is 16.3. The van der Waals surface area contributed by atoms with Gasteiger partial charge in [0.15, 0.2) is 0 Å². The minimum Gasteiger partial charge on any atom is -0.456 e. The zero-order valence-corrected chi connectivity index (χ0v) is 25.1. The number of furan rings is 1. The van der Waals surface area contributed by atoms with E-state index in [4.69, 9.17) is 4.42 Å². The summed E-state index contributed by atoms with van der Waals surface area (Å²) >= 11 is 0. The second-order valence-electron chi connectivity index (χ2n) is 11.8. The molecular weight excluding hydrogens is 558 g/mol. The van der Waals surface area contributed by atoms with Crippen LogP contribution in [0.25, 0.3) is 65.7 Å². The minimum absolute atomic E-state index is 0.909. The van der Waals surface area contributed by atoms with Crippen molar-refractivity contribution in [2.75, 3.05) is 4.90 Å². The number of benzene rings is 8. The molecule has 8 aromatic carbocycles. The molecule has 46 heavy (non-hydrogen) atoms. The van der Waals surface area contributed by atoms with Crippen LogP contribution in [0, 0.1) is 0 Å². The van der Waals surface area contributed by atoms with Crippen LogP contribution in [0.1, 0.15) is 0 Å². The predicted molar refractivity (Wildman–Crippen MR) is 194 cm³/mol. The average molecular weight is 588 g/mol. The molecule has 0 amide bonds. The molecule has 2 nitrogen and oxygen atoms in total. The largest absolute Gasteiger partial charge is 0.456 e. The van der Waals surface area contributed by atoms with Crippen molar-refractivity contribution in [3.05, 3.63) is 176 Å². The van der Waals surface area contributed by atoms with E-state index >= 15 is 0 Å². The van der Waals surface area contributed by atoms with Gasteiger partial charge >= 0.3 is 0 Å². The Labute approximate surface area is 267 Å². The number of para-hydroxylation sites is 1. The third-order valence-electron chi connectivity index (χ3n) is 9.06. The first kappa shape index (κ1) is 26.3. The van der Waals surface area contributed by atoms with Crippen LogP contribution >= 0.6 is 0 Å². The molecule has 0 aliphatic rings. The Morgan fingerprint density at radius 1 is 0.304 bits per heavy atom. The third kappa shape index (κ3) is 4.51. The van der Waals surface area contributed by atoms with Crippen molar-refractivity contribution in [2.45, 2.75) is 0 Å². The molecule has 0 bridgehead atoms. The molecule has 0 atom stereocenters. The van der Waals surface area contributed by atoms with Gasteiger partial charge in [0.25, 0.3) is 0 Å². The first-order valence-electron chi connectivity index (χ1n) is 15.7. The molecule has 0 saturated carbocycles. The van der Waals surface area contributed by atoms with E-state index in [2.05, 4.69) is 169 Å². The highest BCUT2D eigenvalue weighted by molar-refractivity contribution is 6.09.